The van der Waals surface area contributed by atoms with Crippen molar-refractivity contribution in [3.05, 3.63) is 58.3 Å². The molecule has 0 radical (unpaired) electrons. The van der Waals surface area contributed by atoms with Gasteiger partial charge in [-0.1, -0.05) is 13.0 Å². The van der Waals surface area contributed by atoms with Crippen molar-refractivity contribution in [2.45, 2.75) is 65.1 Å². The van der Waals surface area contributed by atoms with Gasteiger partial charge in [0.05, 0.1) is 17.2 Å². The molecule has 5 rings (SSSR count). The van der Waals surface area contributed by atoms with Gasteiger partial charge in [-0.25, -0.2) is 9.57 Å². The number of anilines is 1. The monoisotopic (exact) mass is 602 g/mol. The Bertz CT molecular complexity index is 1890. The molecular weight excluding hydrogens is 566 g/mol. The zero-order valence-corrected chi connectivity index (χ0v) is 25.9. The van der Waals surface area contributed by atoms with E-state index in [2.05, 4.69) is 18.7 Å². The van der Waals surface area contributed by atoms with E-state index in [1.54, 1.807) is 12.1 Å². The first-order valence-electron chi connectivity index (χ1n) is 13.4. The average molecular weight is 603 g/mol. The van der Waals surface area contributed by atoms with E-state index >= 15 is 0 Å². The predicted octanol–water partition coefficient (Wildman–Crippen LogP) is 3.60. The van der Waals surface area contributed by atoms with Gasteiger partial charge in [0.25, 0.3) is 20.2 Å². The Hall–Kier alpha value is -3.06. The fraction of sp³-hybridized carbons (Fsp3) is 0.448. The second kappa shape index (κ2) is 9.48. The van der Waals surface area contributed by atoms with Gasteiger partial charge in [0, 0.05) is 37.2 Å². The van der Waals surface area contributed by atoms with Gasteiger partial charge in [-0.2, -0.15) is 16.8 Å². The quantitative estimate of drug-likeness (QED) is 0.323. The number of hydrogen-bond acceptors (Lipinski definition) is 7. The molecule has 220 valence electrons. The molecule has 2 aromatic carbocycles. The highest BCUT2D eigenvalue weighted by atomic mass is 32.2. The summed E-state index contributed by atoms with van der Waals surface area (Å²) in [6.07, 6.45) is 4.55. The number of hydrogen-bond donors (Lipinski definition) is 2. The van der Waals surface area contributed by atoms with Crippen LogP contribution in [0, 0.1) is 0 Å². The summed E-state index contributed by atoms with van der Waals surface area (Å²) in [4.78, 5) is 7.06. The van der Waals surface area contributed by atoms with Crippen LogP contribution in [0.5, 0.6) is 11.5 Å². The first-order valence-corrected chi connectivity index (χ1v) is 16.6. The van der Waals surface area contributed by atoms with Crippen molar-refractivity contribution in [2.24, 2.45) is 4.99 Å². The zero-order chi connectivity index (χ0) is 30.3. The topological polar surface area (TPSA) is 137 Å². The van der Waals surface area contributed by atoms with Crippen LogP contribution in [-0.4, -0.2) is 61.6 Å². The first-order chi connectivity index (χ1) is 18.8. The Morgan fingerprint density at radius 2 is 1.54 bits per heavy atom. The Morgan fingerprint density at radius 1 is 0.927 bits per heavy atom. The molecule has 41 heavy (non-hydrogen) atoms. The number of nitrogens with zero attached hydrogens (tertiary/aromatic N) is 3. The van der Waals surface area contributed by atoms with E-state index in [4.69, 9.17) is 9.73 Å². The molecule has 0 saturated heterocycles. The number of fused-ring (bicyclic) bond motifs is 4. The molecular formula is C29H36N3O7S2+. The van der Waals surface area contributed by atoms with Crippen LogP contribution in [0.1, 0.15) is 59.1 Å². The van der Waals surface area contributed by atoms with Gasteiger partial charge in [0.15, 0.2) is 17.0 Å². The lowest BCUT2D eigenvalue weighted by Gasteiger charge is -2.47. The van der Waals surface area contributed by atoms with E-state index in [-0.39, 0.29) is 6.04 Å². The van der Waals surface area contributed by atoms with Crippen molar-refractivity contribution in [3.8, 4) is 11.5 Å². The van der Waals surface area contributed by atoms with E-state index in [1.165, 1.54) is 0 Å². The Kier molecular flexibility index (Phi) is 6.81. The molecule has 3 aliphatic rings. The van der Waals surface area contributed by atoms with Crippen LogP contribution >= 0.6 is 0 Å². The number of benzene rings is 2. The van der Waals surface area contributed by atoms with E-state index in [0.717, 1.165) is 17.5 Å². The lowest BCUT2D eigenvalue weighted by atomic mass is 9.86. The molecule has 0 saturated carbocycles. The molecule has 12 heteroatoms. The summed E-state index contributed by atoms with van der Waals surface area (Å²) >= 11 is 0. The molecule has 0 amide bonds. The lowest BCUT2D eigenvalue weighted by Crippen LogP contribution is -2.50. The van der Waals surface area contributed by atoms with Gasteiger partial charge in [-0.3, -0.25) is 9.11 Å². The van der Waals surface area contributed by atoms with Crippen LogP contribution < -0.4 is 24.9 Å². The standard InChI is InChI=1S/C29H35N3O7S2/c1-8-17(2)32-25-12-27-23(10-21(25)19(14-29(32,5)6)16-41(36,37)38)30-22-9-20-18(15-40(33,34)35)13-28(3,4)31(7)24(20)11-26(22)39-27/h9-14,17H,8,15-16H2,1-7H3,(H-,33,34,35,36,37,38)/p+1. The maximum Gasteiger partial charge on any atom is 0.269 e. The average Bonchev–Trinajstić information content (AvgIpc) is 2.81. The van der Waals surface area contributed by atoms with E-state index in [1.807, 2.05) is 63.6 Å². The van der Waals surface area contributed by atoms with E-state index < -0.39 is 42.8 Å². The molecule has 0 aliphatic carbocycles. The summed E-state index contributed by atoms with van der Waals surface area (Å²) < 4.78 is 75.4. The highest BCUT2D eigenvalue weighted by Crippen LogP contribution is 2.47. The van der Waals surface area contributed by atoms with Crippen LogP contribution in [0.2, 0.25) is 0 Å². The highest BCUT2D eigenvalue weighted by molar-refractivity contribution is 7.86. The largest absolute Gasteiger partial charge is 0.452 e. The maximum absolute atomic E-state index is 12.0. The van der Waals surface area contributed by atoms with Crippen LogP contribution in [0.15, 0.2) is 41.4 Å². The van der Waals surface area contributed by atoms with Gasteiger partial charge in [-0.15, -0.1) is 0 Å². The fourth-order valence-electron chi connectivity index (χ4n) is 6.11. The molecule has 2 N–H and O–H groups in total. The third kappa shape index (κ3) is 5.45. The molecule has 0 fully saturated rings. The summed E-state index contributed by atoms with van der Waals surface area (Å²) in [7, 11) is -6.69. The summed E-state index contributed by atoms with van der Waals surface area (Å²) in [5, 5.41) is 1.22. The zero-order valence-electron chi connectivity index (χ0n) is 24.3. The molecule has 0 spiro atoms. The minimum atomic E-state index is -4.31. The van der Waals surface area contributed by atoms with Gasteiger partial charge in [0.1, 0.15) is 29.6 Å². The van der Waals surface area contributed by atoms with E-state index in [9.17, 15) is 25.9 Å². The van der Waals surface area contributed by atoms with Crippen LogP contribution in [0.25, 0.3) is 11.1 Å². The van der Waals surface area contributed by atoms with Crippen LogP contribution in [0.4, 0.5) is 11.4 Å². The van der Waals surface area contributed by atoms with Crippen LogP contribution in [-0.2, 0) is 20.2 Å². The smallest absolute Gasteiger partial charge is 0.269 e. The Morgan fingerprint density at radius 3 is 2.12 bits per heavy atom. The molecule has 0 bridgehead atoms. The lowest BCUT2D eigenvalue weighted by molar-refractivity contribution is 0.432. The van der Waals surface area contributed by atoms with Crippen molar-refractivity contribution in [1.82, 2.24) is 4.58 Å². The molecule has 1 atom stereocenters. The molecule has 1 unspecified atom stereocenters. The van der Waals surface area contributed by atoms with Crippen molar-refractivity contribution < 1.29 is 30.7 Å². The Balaban J connectivity index is 1.74. The second-order valence-electron chi connectivity index (χ2n) is 12.2. The van der Waals surface area contributed by atoms with Crippen molar-refractivity contribution in [2.75, 3.05) is 23.5 Å². The molecule has 3 heterocycles. The minimum absolute atomic E-state index is 0.120. The second-order valence-corrected chi connectivity index (χ2v) is 15.1. The van der Waals surface area contributed by atoms with Gasteiger partial charge < -0.3 is 9.64 Å². The third-order valence-electron chi connectivity index (χ3n) is 8.18. The Labute approximate surface area is 240 Å². The highest BCUT2D eigenvalue weighted by Gasteiger charge is 2.38. The van der Waals surface area contributed by atoms with Gasteiger partial charge in [0.2, 0.25) is 5.36 Å². The van der Waals surface area contributed by atoms with Crippen molar-refractivity contribution >= 4 is 42.8 Å². The van der Waals surface area contributed by atoms with Gasteiger partial charge in [-0.05, 0) is 56.5 Å². The van der Waals surface area contributed by atoms with Crippen LogP contribution in [0.3, 0.4) is 0 Å². The number of ether oxygens (including phenoxy) is 1. The summed E-state index contributed by atoms with van der Waals surface area (Å²) in [6, 6.07) is 7.35. The molecule has 0 aromatic heterocycles. The number of likely N-dealkylation sites (N-methyl/N-ethyl adjacent to an activating group) is 1. The van der Waals surface area contributed by atoms with Crippen molar-refractivity contribution in [3.63, 3.8) is 0 Å². The molecule has 3 aliphatic heterocycles. The first kappa shape index (κ1) is 29.4. The molecule has 10 nitrogen and oxygen atoms in total. The summed E-state index contributed by atoms with van der Waals surface area (Å²) in [6.45, 7) is 12.1. The fourth-order valence-corrected chi connectivity index (χ4v) is 7.37. The predicted molar refractivity (Wildman–Crippen MR) is 160 cm³/mol. The third-order valence-corrected chi connectivity index (χ3v) is 9.53. The van der Waals surface area contributed by atoms with E-state index in [0.29, 0.717) is 44.8 Å². The molecule has 2 aromatic rings. The number of rotatable bonds is 6. The normalized spacial score (nSPS) is 19.4. The van der Waals surface area contributed by atoms with Gasteiger partial charge >= 0.3 is 0 Å². The summed E-state index contributed by atoms with van der Waals surface area (Å²) in [5.41, 5.74) is 2.40. The minimum Gasteiger partial charge on any atom is -0.452 e. The van der Waals surface area contributed by atoms with Crippen molar-refractivity contribution in [1.29, 1.82) is 0 Å². The SMILES string of the molecule is CCC(C)N1c2cc3c(cc2C(CS(=O)(=O)O)=CC1(C)C)N=c1cc2c(cc1O3)=[N+](C)C(C)(C)C=C2CS(=O)(=O)O. The maximum atomic E-state index is 12.0. The summed E-state index contributed by atoms with van der Waals surface area (Å²) in [5.74, 6) is -0.0786.